The smallest absolute Gasteiger partial charge is 0.0540 e. The number of nitrogens with zero attached hydrogens (tertiary/aromatic N) is 2. The Kier molecular flexibility index (Phi) is 2.68. The van der Waals surface area contributed by atoms with Gasteiger partial charge in [-0.05, 0) is 19.3 Å². The SMILES string of the molecule is C=CCNC1CCCc2c1cnn2C. The lowest BCUT2D eigenvalue weighted by molar-refractivity contribution is 0.471. The minimum absolute atomic E-state index is 0.477. The number of rotatable bonds is 3. The van der Waals surface area contributed by atoms with Crippen LogP contribution in [-0.4, -0.2) is 16.3 Å². The van der Waals surface area contributed by atoms with Gasteiger partial charge in [0.05, 0.1) is 6.20 Å². The van der Waals surface area contributed by atoms with E-state index in [2.05, 4.69) is 17.0 Å². The Morgan fingerprint density at radius 1 is 1.79 bits per heavy atom. The second-order valence-corrected chi connectivity index (χ2v) is 3.81. The van der Waals surface area contributed by atoms with Gasteiger partial charge in [0.2, 0.25) is 0 Å². The Morgan fingerprint density at radius 3 is 3.43 bits per heavy atom. The molecule has 0 amide bonds. The summed E-state index contributed by atoms with van der Waals surface area (Å²) in [6.07, 6.45) is 7.53. The van der Waals surface area contributed by atoms with Crippen LogP contribution in [0.15, 0.2) is 18.9 Å². The predicted octanol–water partition coefficient (Wildman–Crippen LogP) is 1.57. The van der Waals surface area contributed by atoms with Gasteiger partial charge in [-0.3, -0.25) is 4.68 Å². The highest BCUT2D eigenvalue weighted by Crippen LogP contribution is 2.28. The summed E-state index contributed by atoms with van der Waals surface area (Å²) in [6.45, 7) is 4.60. The molecule has 1 atom stereocenters. The quantitative estimate of drug-likeness (QED) is 0.735. The minimum Gasteiger partial charge on any atom is -0.306 e. The third-order valence-electron chi connectivity index (χ3n) is 2.88. The second kappa shape index (κ2) is 3.96. The van der Waals surface area contributed by atoms with E-state index in [-0.39, 0.29) is 0 Å². The lowest BCUT2D eigenvalue weighted by Crippen LogP contribution is -2.25. The first kappa shape index (κ1) is 9.46. The van der Waals surface area contributed by atoms with Crippen molar-refractivity contribution in [3.05, 3.63) is 30.1 Å². The molecule has 0 aromatic carbocycles. The third-order valence-corrected chi connectivity index (χ3v) is 2.88. The highest BCUT2D eigenvalue weighted by Gasteiger charge is 2.22. The fourth-order valence-corrected chi connectivity index (χ4v) is 2.14. The van der Waals surface area contributed by atoms with Crippen LogP contribution in [0.2, 0.25) is 0 Å². The molecular weight excluding hydrogens is 174 g/mol. The fraction of sp³-hybridized carbons (Fsp3) is 0.545. The van der Waals surface area contributed by atoms with Crippen LogP contribution in [0.4, 0.5) is 0 Å². The number of aromatic nitrogens is 2. The van der Waals surface area contributed by atoms with E-state index in [1.54, 1.807) is 0 Å². The Labute approximate surface area is 84.8 Å². The molecule has 14 heavy (non-hydrogen) atoms. The van der Waals surface area contributed by atoms with Crippen LogP contribution in [-0.2, 0) is 13.5 Å². The van der Waals surface area contributed by atoms with Gasteiger partial charge in [0.15, 0.2) is 0 Å². The van der Waals surface area contributed by atoms with Crippen molar-refractivity contribution in [1.82, 2.24) is 15.1 Å². The Balaban J connectivity index is 2.18. The van der Waals surface area contributed by atoms with Crippen LogP contribution in [0.5, 0.6) is 0 Å². The first-order valence-electron chi connectivity index (χ1n) is 5.18. The highest BCUT2D eigenvalue weighted by molar-refractivity contribution is 5.24. The summed E-state index contributed by atoms with van der Waals surface area (Å²) in [5.74, 6) is 0. The van der Waals surface area contributed by atoms with Gasteiger partial charge in [-0.15, -0.1) is 6.58 Å². The first-order valence-corrected chi connectivity index (χ1v) is 5.18. The molecule has 1 N–H and O–H groups in total. The standard InChI is InChI=1S/C11H17N3/c1-3-7-12-10-5-4-6-11-9(10)8-13-14(11)2/h3,8,10,12H,1,4-7H2,2H3. The van der Waals surface area contributed by atoms with Gasteiger partial charge < -0.3 is 5.32 Å². The van der Waals surface area contributed by atoms with E-state index in [4.69, 9.17) is 0 Å². The van der Waals surface area contributed by atoms with Crippen LogP contribution >= 0.6 is 0 Å². The summed E-state index contributed by atoms with van der Waals surface area (Å²) >= 11 is 0. The molecule has 3 heteroatoms. The van der Waals surface area contributed by atoms with E-state index in [1.165, 1.54) is 24.1 Å². The average Bonchev–Trinajstić information content (AvgIpc) is 2.58. The van der Waals surface area contributed by atoms with Gasteiger partial charge in [0, 0.05) is 30.9 Å². The van der Waals surface area contributed by atoms with E-state index >= 15 is 0 Å². The van der Waals surface area contributed by atoms with Gasteiger partial charge >= 0.3 is 0 Å². The van der Waals surface area contributed by atoms with Gasteiger partial charge in [-0.1, -0.05) is 6.08 Å². The molecule has 2 rings (SSSR count). The van der Waals surface area contributed by atoms with Crippen LogP contribution < -0.4 is 5.32 Å². The summed E-state index contributed by atoms with van der Waals surface area (Å²) in [6, 6.07) is 0.477. The normalized spacial score (nSPS) is 20.5. The van der Waals surface area contributed by atoms with Crippen LogP contribution in [0.1, 0.15) is 30.1 Å². The molecule has 1 aromatic heterocycles. The average molecular weight is 191 g/mol. The van der Waals surface area contributed by atoms with Gasteiger partial charge in [0.25, 0.3) is 0 Å². The van der Waals surface area contributed by atoms with Crippen LogP contribution in [0.3, 0.4) is 0 Å². The Bertz CT molecular complexity index is 327. The summed E-state index contributed by atoms with van der Waals surface area (Å²) in [5.41, 5.74) is 2.76. The van der Waals surface area contributed by atoms with Gasteiger partial charge in [-0.2, -0.15) is 5.10 Å². The molecule has 3 nitrogen and oxygen atoms in total. The molecule has 0 spiro atoms. The maximum atomic E-state index is 4.31. The predicted molar refractivity (Wildman–Crippen MR) is 57.1 cm³/mol. The molecule has 1 aliphatic rings. The number of hydrogen-bond donors (Lipinski definition) is 1. The molecule has 1 unspecified atom stereocenters. The van der Waals surface area contributed by atoms with E-state index in [0.29, 0.717) is 6.04 Å². The number of nitrogens with one attached hydrogen (secondary N) is 1. The zero-order chi connectivity index (χ0) is 9.97. The van der Waals surface area contributed by atoms with E-state index < -0.39 is 0 Å². The lowest BCUT2D eigenvalue weighted by atomic mass is 9.93. The van der Waals surface area contributed by atoms with Gasteiger partial charge in [-0.25, -0.2) is 0 Å². The van der Waals surface area contributed by atoms with Crippen molar-refractivity contribution in [1.29, 1.82) is 0 Å². The molecule has 0 saturated carbocycles. The molecule has 0 bridgehead atoms. The number of fused-ring (bicyclic) bond motifs is 1. The maximum absolute atomic E-state index is 4.31. The molecule has 76 valence electrons. The number of hydrogen-bond acceptors (Lipinski definition) is 2. The summed E-state index contributed by atoms with van der Waals surface area (Å²) in [7, 11) is 2.02. The van der Waals surface area contributed by atoms with Crippen molar-refractivity contribution in [3.63, 3.8) is 0 Å². The maximum Gasteiger partial charge on any atom is 0.0540 e. The van der Waals surface area contributed by atoms with Crippen molar-refractivity contribution < 1.29 is 0 Å². The minimum atomic E-state index is 0.477. The first-order chi connectivity index (χ1) is 6.83. The van der Waals surface area contributed by atoms with E-state index in [0.717, 1.165) is 13.0 Å². The summed E-state index contributed by atoms with van der Waals surface area (Å²) in [4.78, 5) is 0. The molecule has 1 aliphatic carbocycles. The molecule has 0 radical (unpaired) electrons. The lowest BCUT2D eigenvalue weighted by Gasteiger charge is -2.23. The molecule has 1 aromatic rings. The topological polar surface area (TPSA) is 29.9 Å². The zero-order valence-corrected chi connectivity index (χ0v) is 8.66. The third kappa shape index (κ3) is 1.60. The van der Waals surface area contributed by atoms with Crippen LogP contribution in [0.25, 0.3) is 0 Å². The summed E-state index contributed by atoms with van der Waals surface area (Å²) < 4.78 is 2.00. The molecule has 0 fully saturated rings. The van der Waals surface area contributed by atoms with Crippen molar-refractivity contribution >= 4 is 0 Å². The summed E-state index contributed by atoms with van der Waals surface area (Å²) in [5, 5.41) is 7.78. The molecule has 1 heterocycles. The van der Waals surface area contributed by atoms with Crippen molar-refractivity contribution in [2.75, 3.05) is 6.54 Å². The van der Waals surface area contributed by atoms with E-state index in [1.807, 2.05) is 24.0 Å². The van der Waals surface area contributed by atoms with Crippen molar-refractivity contribution in [2.24, 2.45) is 7.05 Å². The highest BCUT2D eigenvalue weighted by atomic mass is 15.3. The number of aryl methyl sites for hydroxylation is 1. The van der Waals surface area contributed by atoms with Gasteiger partial charge in [0.1, 0.15) is 0 Å². The second-order valence-electron chi connectivity index (χ2n) is 3.81. The van der Waals surface area contributed by atoms with Crippen molar-refractivity contribution in [3.8, 4) is 0 Å². The largest absolute Gasteiger partial charge is 0.306 e. The Morgan fingerprint density at radius 2 is 2.64 bits per heavy atom. The zero-order valence-electron chi connectivity index (χ0n) is 8.66. The van der Waals surface area contributed by atoms with Crippen LogP contribution in [0, 0.1) is 0 Å². The monoisotopic (exact) mass is 191 g/mol. The Hall–Kier alpha value is -1.09. The fourth-order valence-electron chi connectivity index (χ4n) is 2.14. The van der Waals surface area contributed by atoms with Crippen molar-refractivity contribution in [2.45, 2.75) is 25.3 Å². The molecule has 0 saturated heterocycles. The molecule has 0 aliphatic heterocycles. The van der Waals surface area contributed by atoms with E-state index in [9.17, 15) is 0 Å². The molecular formula is C11H17N3.